The van der Waals surface area contributed by atoms with Crippen molar-refractivity contribution in [3.63, 3.8) is 0 Å². The van der Waals surface area contributed by atoms with Crippen LogP contribution in [-0.2, 0) is 4.79 Å². The van der Waals surface area contributed by atoms with E-state index in [1.165, 1.54) is 76.7 Å². The van der Waals surface area contributed by atoms with Gasteiger partial charge in [0.15, 0.2) is 11.6 Å². The molecule has 0 bridgehead atoms. The minimum Gasteiger partial charge on any atom is -0.426 e. The summed E-state index contributed by atoms with van der Waals surface area (Å²) in [6, 6.07) is 3.17. The molecule has 0 heterocycles. The lowest BCUT2D eigenvalue weighted by atomic mass is 9.78. The molecule has 1 aliphatic rings. The van der Waals surface area contributed by atoms with E-state index in [2.05, 4.69) is 6.92 Å². The first-order valence-electron chi connectivity index (χ1n) is 10.7. The number of ether oxygens (including phenoxy) is 1. The van der Waals surface area contributed by atoms with E-state index in [9.17, 15) is 13.6 Å². The van der Waals surface area contributed by atoms with Crippen LogP contribution in [0.25, 0.3) is 0 Å². The average molecular weight is 381 g/mol. The number of unbranched alkanes of at least 4 members (excludes halogenated alkanes) is 5. The second-order valence-corrected chi connectivity index (χ2v) is 8.03. The van der Waals surface area contributed by atoms with Crippen molar-refractivity contribution in [3.8, 4) is 5.75 Å². The highest BCUT2D eigenvalue weighted by atomic mass is 19.2. The molecule has 2 nitrogen and oxygen atoms in total. The van der Waals surface area contributed by atoms with Gasteiger partial charge in [0.25, 0.3) is 0 Å². The van der Waals surface area contributed by atoms with Gasteiger partial charge in [0, 0.05) is 12.5 Å². The molecule has 0 amide bonds. The van der Waals surface area contributed by atoms with E-state index in [-0.39, 0.29) is 11.7 Å². The minimum atomic E-state index is -0.996. The van der Waals surface area contributed by atoms with E-state index < -0.39 is 11.6 Å². The second kappa shape index (κ2) is 12.1. The van der Waals surface area contributed by atoms with Gasteiger partial charge in [-0.05, 0) is 30.4 Å². The van der Waals surface area contributed by atoms with Crippen molar-refractivity contribution in [1.29, 1.82) is 0 Å². The molecule has 0 aliphatic heterocycles. The van der Waals surface area contributed by atoms with Crippen LogP contribution in [0.5, 0.6) is 5.75 Å². The summed E-state index contributed by atoms with van der Waals surface area (Å²) < 4.78 is 31.1. The van der Waals surface area contributed by atoms with Gasteiger partial charge in [-0.25, -0.2) is 8.78 Å². The molecule has 1 aromatic rings. The summed E-state index contributed by atoms with van der Waals surface area (Å²) in [6.45, 7) is 2.25. The SMILES string of the molecule is CCCCCCCCC1CCC(CCC(=O)Oc2ccc(F)c(F)c2)CC1. The molecule has 4 heteroatoms. The molecule has 0 saturated heterocycles. The van der Waals surface area contributed by atoms with Gasteiger partial charge in [-0.15, -0.1) is 0 Å². The van der Waals surface area contributed by atoms with Crippen LogP contribution < -0.4 is 4.74 Å². The van der Waals surface area contributed by atoms with Crippen molar-refractivity contribution < 1.29 is 18.3 Å². The zero-order chi connectivity index (χ0) is 19.5. The topological polar surface area (TPSA) is 26.3 Å². The van der Waals surface area contributed by atoms with Crippen molar-refractivity contribution in [3.05, 3.63) is 29.8 Å². The smallest absolute Gasteiger partial charge is 0.311 e. The zero-order valence-corrected chi connectivity index (χ0v) is 16.7. The van der Waals surface area contributed by atoms with Crippen LogP contribution >= 0.6 is 0 Å². The van der Waals surface area contributed by atoms with Crippen molar-refractivity contribution >= 4 is 5.97 Å². The third-order valence-corrected chi connectivity index (χ3v) is 5.81. The van der Waals surface area contributed by atoms with E-state index in [0.717, 1.165) is 24.5 Å². The maximum absolute atomic E-state index is 13.1. The number of carbonyl (C=O) groups excluding carboxylic acids is 1. The second-order valence-electron chi connectivity index (χ2n) is 8.03. The first-order chi connectivity index (χ1) is 13.1. The Kier molecular flexibility index (Phi) is 9.79. The van der Waals surface area contributed by atoms with Crippen molar-refractivity contribution in [2.24, 2.45) is 11.8 Å². The van der Waals surface area contributed by atoms with Crippen LogP contribution in [0, 0.1) is 23.5 Å². The van der Waals surface area contributed by atoms with Crippen molar-refractivity contribution in [2.75, 3.05) is 0 Å². The highest BCUT2D eigenvalue weighted by Crippen LogP contribution is 2.34. The molecular weight excluding hydrogens is 346 g/mol. The first-order valence-corrected chi connectivity index (χ1v) is 10.7. The Labute approximate surface area is 162 Å². The normalized spacial score (nSPS) is 19.8. The average Bonchev–Trinajstić information content (AvgIpc) is 2.67. The number of hydrogen-bond acceptors (Lipinski definition) is 2. The van der Waals surface area contributed by atoms with Crippen LogP contribution in [-0.4, -0.2) is 5.97 Å². The Bertz CT molecular complexity index is 565. The molecule has 1 aliphatic carbocycles. The monoisotopic (exact) mass is 380 g/mol. The van der Waals surface area contributed by atoms with Crippen LogP contribution in [0.2, 0.25) is 0 Å². The fourth-order valence-electron chi connectivity index (χ4n) is 4.07. The fourth-order valence-corrected chi connectivity index (χ4v) is 4.07. The summed E-state index contributed by atoms with van der Waals surface area (Å²) in [5, 5.41) is 0. The van der Waals surface area contributed by atoms with Gasteiger partial charge in [-0.2, -0.15) is 0 Å². The van der Waals surface area contributed by atoms with E-state index >= 15 is 0 Å². The van der Waals surface area contributed by atoms with E-state index in [0.29, 0.717) is 12.3 Å². The lowest BCUT2D eigenvalue weighted by Gasteiger charge is -2.28. The van der Waals surface area contributed by atoms with Gasteiger partial charge in [-0.1, -0.05) is 77.6 Å². The lowest BCUT2D eigenvalue weighted by molar-refractivity contribution is -0.134. The summed E-state index contributed by atoms with van der Waals surface area (Å²) in [7, 11) is 0. The molecule has 0 N–H and O–H groups in total. The fraction of sp³-hybridized carbons (Fsp3) is 0.696. The third kappa shape index (κ3) is 8.40. The highest BCUT2D eigenvalue weighted by molar-refractivity contribution is 5.72. The summed E-state index contributed by atoms with van der Waals surface area (Å²) >= 11 is 0. The summed E-state index contributed by atoms with van der Waals surface area (Å²) in [5.74, 6) is -0.780. The van der Waals surface area contributed by atoms with Crippen LogP contribution in [0.15, 0.2) is 18.2 Å². The molecule has 0 radical (unpaired) electrons. The summed E-state index contributed by atoms with van der Waals surface area (Å²) in [5.41, 5.74) is 0. The molecule has 0 aromatic heterocycles. The largest absolute Gasteiger partial charge is 0.426 e. The number of rotatable bonds is 11. The number of esters is 1. The molecule has 152 valence electrons. The number of hydrogen-bond donors (Lipinski definition) is 0. The Hall–Kier alpha value is -1.45. The van der Waals surface area contributed by atoms with E-state index in [1.807, 2.05) is 0 Å². The number of benzene rings is 1. The molecule has 0 atom stereocenters. The Morgan fingerprint density at radius 3 is 2.22 bits per heavy atom. The van der Waals surface area contributed by atoms with Gasteiger partial charge in [0.2, 0.25) is 0 Å². The molecule has 1 saturated carbocycles. The molecule has 2 rings (SSSR count). The van der Waals surface area contributed by atoms with Crippen LogP contribution in [0.1, 0.15) is 90.4 Å². The quantitative estimate of drug-likeness (QED) is 0.230. The Balaban J connectivity index is 1.56. The maximum Gasteiger partial charge on any atom is 0.311 e. The molecule has 0 unspecified atom stereocenters. The Morgan fingerprint density at radius 2 is 1.56 bits per heavy atom. The molecule has 1 aromatic carbocycles. The van der Waals surface area contributed by atoms with Crippen molar-refractivity contribution in [1.82, 2.24) is 0 Å². The van der Waals surface area contributed by atoms with Gasteiger partial charge >= 0.3 is 5.97 Å². The molecular formula is C23H34F2O2. The predicted octanol–water partition coefficient (Wildman–Crippen LogP) is 7.21. The maximum atomic E-state index is 13.1. The minimum absolute atomic E-state index is 0.0709. The third-order valence-electron chi connectivity index (χ3n) is 5.81. The van der Waals surface area contributed by atoms with Crippen molar-refractivity contribution in [2.45, 2.75) is 90.4 Å². The van der Waals surface area contributed by atoms with Gasteiger partial charge < -0.3 is 4.74 Å². The molecule has 1 fully saturated rings. The summed E-state index contributed by atoms with van der Waals surface area (Å²) in [4.78, 5) is 11.9. The molecule has 0 spiro atoms. The van der Waals surface area contributed by atoms with Crippen LogP contribution in [0.3, 0.4) is 0 Å². The number of halogens is 2. The predicted molar refractivity (Wildman–Crippen MR) is 105 cm³/mol. The zero-order valence-electron chi connectivity index (χ0n) is 16.7. The number of carbonyl (C=O) groups is 1. The molecule has 27 heavy (non-hydrogen) atoms. The first kappa shape index (κ1) is 21.8. The lowest BCUT2D eigenvalue weighted by Crippen LogP contribution is -2.17. The van der Waals surface area contributed by atoms with Gasteiger partial charge in [-0.3, -0.25) is 4.79 Å². The summed E-state index contributed by atoms with van der Waals surface area (Å²) in [6.07, 6.45) is 15.6. The highest BCUT2D eigenvalue weighted by Gasteiger charge is 2.21. The van der Waals surface area contributed by atoms with E-state index in [4.69, 9.17) is 4.74 Å². The van der Waals surface area contributed by atoms with Gasteiger partial charge in [0.1, 0.15) is 5.75 Å². The van der Waals surface area contributed by atoms with E-state index in [1.54, 1.807) is 0 Å². The van der Waals surface area contributed by atoms with Gasteiger partial charge in [0.05, 0.1) is 0 Å². The van der Waals surface area contributed by atoms with Crippen LogP contribution in [0.4, 0.5) is 8.78 Å². The standard InChI is InChI=1S/C23H34F2O2/c1-2-3-4-5-6-7-8-18-9-11-19(12-10-18)13-16-23(26)27-20-14-15-21(24)22(25)17-20/h14-15,17-19H,2-13,16H2,1H3. The Morgan fingerprint density at radius 1 is 0.926 bits per heavy atom.